The molecule has 2 N–H and O–H groups in total. The number of aromatic nitrogens is 2. The van der Waals surface area contributed by atoms with Crippen molar-refractivity contribution in [2.75, 3.05) is 56.9 Å². The van der Waals surface area contributed by atoms with E-state index in [4.69, 9.17) is 19.2 Å². The second-order valence-corrected chi connectivity index (χ2v) is 15.8. The van der Waals surface area contributed by atoms with Gasteiger partial charge in [-0.1, -0.05) is 43.7 Å². The van der Waals surface area contributed by atoms with Gasteiger partial charge in [0.1, 0.15) is 29.3 Å². The number of imide groups is 1. The fourth-order valence-corrected chi connectivity index (χ4v) is 8.64. The predicted octanol–water partition coefficient (Wildman–Crippen LogP) is 4.33. The molecule has 2 atom stereocenters. The molecule has 4 aliphatic rings. The monoisotopic (exact) mass is 833 g/mol. The summed E-state index contributed by atoms with van der Waals surface area (Å²) in [5.74, 6) is 7.30. The highest BCUT2D eigenvalue weighted by atomic mass is 16.5. The number of likely N-dealkylation sites (N-methyl/N-ethyl adjacent to an activating group) is 1. The molecule has 1 aromatic heterocycles. The number of carbonyl (C=O) groups is 5. The molecule has 5 amide bonds. The lowest BCUT2D eigenvalue weighted by Gasteiger charge is -2.43. The largest absolute Gasteiger partial charge is 0.496 e. The van der Waals surface area contributed by atoms with Crippen LogP contribution in [0.25, 0.3) is 0 Å². The number of piperidine rings is 1. The summed E-state index contributed by atoms with van der Waals surface area (Å²) in [6.45, 7) is 4.45. The number of fused-ring (bicyclic) bond motifs is 2. The molecule has 0 spiro atoms. The lowest BCUT2D eigenvalue weighted by molar-refractivity contribution is -0.137. The molecular weight excluding hydrogens is 779 g/mol. The number of amides is 5. The number of rotatable bonds is 17. The van der Waals surface area contributed by atoms with Crippen LogP contribution in [0.15, 0.2) is 42.6 Å². The third kappa shape index (κ3) is 9.87. The Morgan fingerprint density at radius 2 is 1.80 bits per heavy atom. The fourth-order valence-electron chi connectivity index (χ4n) is 8.64. The van der Waals surface area contributed by atoms with Crippen LogP contribution in [0.5, 0.6) is 5.75 Å². The summed E-state index contributed by atoms with van der Waals surface area (Å²) < 4.78 is 17.1. The van der Waals surface area contributed by atoms with E-state index in [1.807, 2.05) is 12.1 Å². The van der Waals surface area contributed by atoms with Crippen LogP contribution in [0.2, 0.25) is 0 Å². The highest BCUT2D eigenvalue weighted by Crippen LogP contribution is 2.40. The maximum atomic E-state index is 13.3. The van der Waals surface area contributed by atoms with Crippen molar-refractivity contribution in [2.24, 2.45) is 0 Å². The van der Waals surface area contributed by atoms with Gasteiger partial charge in [-0.3, -0.25) is 29.3 Å². The molecule has 0 bridgehead atoms. The number of carbonyl (C=O) groups excluding carboxylic acids is 5. The van der Waals surface area contributed by atoms with Crippen molar-refractivity contribution in [1.82, 2.24) is 25.5 Å². The van der Waals surface area contributed by atoms with Gasteiger partial charge < -0.3 is 34.2 Å². The van der Waals surface area contributed by atoms with Crippen LogP contribution in [0.4, 0.5) is 11.5 Å². The van der Waals surface area contributed by atoms with E-state index >= 15 is 0 Å². The molecule has 61 heavy (non-hydrogen) atoms. The molecule has 4 heterocycles. The maximum Gasteiger partial charge on any atom is 0.255 e. The van der Waals surface area contributed by atoms with Gasteiger partial charge in [0.2, 0.25) is 17.7 Å². The van der Waals surface area contributed by atoms with E-state index in [9.17, 15) is 24.0 Å². The van der Waals surface area contributed by atoms with Gasteiger partial charge in [-0.2, -0.15) is 0 Å². The predicted molar refractivity (Wildman–Crippen MR) is 227 cm³/mol. The highest BCUT2D eigenvalue weighted by Gasteiger charge is 2.42. The zero-order valence-electron chi connectivity index (χ0n) is 35.3. The lowest BCUT2D eigenvalue weighted by Crippen LogP contribution is -2.55. The molecule has 3 aromatic rings. The van der Waals surface area contributed by atoms with Gasteiger partial charge in [0.25, 0.3) is 11.8 Å². The van der Waals surface area contributed by atoms with Crippen molar-refractivity contribution in [3.05, 3.63) is 76.2 Å². The summed E-state index contributed by atoms with van der Waals surface area (Å²) in [5.41, 5.74) is 4.21. The Labute approximate surface area is 356 Å². The number of anilines is 2. The minimum absolute atomic E-state index is 0.0797. The molecule has 1 saturated carbocycles. The summed E-state index contributed by atoms with van der Waals surface area (Å²) in [6, 6.07) is 10.2. The van der Waals surface area contributed by atoms with Gasteiger partial charge in [-0.05, 0) is 68.4 Å². The molecule has 322 valence electrons. The number of hydrogen-bond donors (Lipinski definition) is 2. The molecule has 1 aliphatic carbocycles. The molecule has 2 aromatic carbocycles. The molecule has 1 saturated heterocycles. The molecule has 15 heteroatoms. The van der Waals surface area contributed by atoms with E-state index in [1.165, 1.54) is 4.90 Å². The van der Waals surface area contributed by atoms with Crippen molar-refractivity contribution in [2.45, 2.75) is 102 Å². The molecule has 15 nitrogen and oxygen atoms in total. The van der Waals surface area contributed by atoms with Crippen LogP contribution >= 0.6 is 0 Å². The Morgan fingerprint density at radius 3 is 2.57 bits per heavy atom. The third-order valence-electron chi connectivity index (χ3n) is 11.9. The van der Waals surface area contributed by atoms with E-state index in [2.05, 4.69) is 39.3 Å². The average molecular weight is 834 g/mol. The Balaban J connectivity index is 0.791. The topological polar surface area (TPSA) is 173 Å². The Bertz CT molecular complexity index is 2200. The number of benzene rings is 2. The summed E-state index contributed by atoms with van der Waals surface area (Å²) in [7, 11) is 3.37. The smallest absolute Gasteiger partial charge is 0.255 e. The van der Waals surface area contributed by atoms with Crippen LogP contribution in [-0.2, 0) is 36.8 Å². The second kappa shape index (κ2) is 20.1. The SMILES string of the molecule is CC[C@@H]1C(=O)N(C)c2cnc(Cc3ccc(C(=O)NCCOCCOCCCCC#Cc4cccc5c4CN(C4CCC(=O)NC4=O)C5=O)cc3OC)nc2N1C1CCCC1. The number of nitrogens with one attached hydrogen (secondary N) is 2. The first-order valence-electron chi connectivity index (χ1n) is 21.5. The lowest BCUT2D eigenvalue weighted by atomic mass is 10.0. The van der Waals surface area contributed by atoms with Gasteiger partial charge in [-0.25, -0.2) is 9.97 Å². The quantitative estimate of drug-likeness (QED) is 0.113. The third-order valence-corrected chi connectivity index (χ3v) is 11.9. The molecule has 3 aliphatic heterocycles. The number of hydrogen-bond acceptors (Lipinski definition) is 11. The molecular formula is C46H55N7O8. The molecule has 1 unspecified atom stereocenters. The highest BCUT2D eigenvalue weighted by molar-refractivity contribution is 6.06. The Hall–Kier alpha value is -5.85. The summed E-state index contributed by atoms with van der Waals surface area (Å²) >= 11 is 0. The van der Waals surface area contributed by atoms with Crippen molar-refractivity contribution < 1.29 is 38.2 Å². The minimum Gasteiger partial charge on any atom is -0.496 e. The van der Waals surface area contributed by atoms with E-state index < -0.39 is 11.9 Å². The van der Waals surface area contributed by atoms with Gasteiger partial charge in [0, 0.05) is 74.3 Å². The summed E-state index contributed by atoms with van der Waals surface area (Å²) in [5, 5.41) is 5.23. The first kappa shape index (κ1) is 43.2. The Kier molecular flexibility index (Phi) is 14.3. The number of unbranched alkanes of at least 4 members (excludes halogenated alkanes) is 2. The van der Waals surface area contributed by atoms with Gasteiger partial charge >= 0.3 is 0 Å². The van der Waals surface area contributed by atoms with Crippen LogP contribution in [0.1, 0.15) is 114 Å². The molecule has 0 radical (unpaired) electrons. The summed E-state index contributed by atoms with van der Waals surface area (Å²) in [6.07, 6.45) is 10.2. The van der Waals surface area contributed by atoms with Gasteiger partial charge in [-0.15, -0.1) is 0 Å². The van der Waals surface area contributed by atoms with Crippen LogP contribution in [0.3, 0.4) is 0 Å². The van der Waals surface area contributed by atoms with E-state index in [0.29, 0.717) is 87.9 Å². The van der Waals surface area contributed by atoms with E-state index in [0.717, 1.165) is 66.7 Å². The van der Waals surface area contributed by atoms with Gasteiger partial charge in [0.15, 0.2) is 5.82 Å². The van der Waals surface area contributed by atoms with Crippen molar-refractivity contribution in [3.63, 3.8) is 0 Å². The van der Waals surface area contributed by atoms with Crippen molar-refractivity contribution in [3.8, 4) is 17.6 Å². The van der Waals surface area contributed by atoms with E-state index in [1.54, 1.807) is 49.5 Å². The first-order valence-corrected chi connectivity index (χ1v) is 21.5. The van der Waals surface area contributed by atoms with Crippen molar-refractivity contribution >= 4 is 41.0 Å². The normalized spacial score (nSPS) is 18.8. The zero-order valence-corrected chi connectivity index (χ0v) is 35.3. The van der Waals surface area contributed by atoms with Crippen LogP contribution < -0.4 is 25.2 Å². The summed E-state index contributed by atoms with van der Waals surface area (Å²) in [4.78, 5) is 78.3. The second-order valence-electron chi connectivity index (χ2n) is 15.8. The molecule has 7 rings (SSSR count). The Morgan fingerprint density at radius 1 is 1.00 bits per heavy atom. The van der Waals surface area contributed by atoms with Gasteiger partial charge in [0.05, 0.1) is 33.1 Å². The first-order chi connectivity index (χ1) is 29.7. The average Bonchev–Trinajstić information content (AvgIpc) is 3.92. The molecule has 2 fully saturated rings. The minimum atomic E-state index is -0.652. The standard InChI is InChI=1S/C46H55N7O8/c1-4-36-46(58)51(2)38-28-48-40(49-42(38)53(36)33-14-8-9-15-33)27-31-17-18-32(26-39(31)59-3)43(55)47-21-23-61-25-24-60-22-10-6-5-7-12-30-13-11-16-34-35(30)29-52(45(34)57)37-19-20-41(54)50-44(37)56/h11,13,16-18,26,28,33,36-37H,4-6,8-10,14-15,19-25,27,29H2,1-3H3,(H,47,55)(H,50,54,56)/t36-,37?/m1/s1. The number of ether oxygens (including phenoxy) is 3. The number of methoxy groups -OCH3 is 1. The van der Waals surface area contributed by atoms with Crippen LogP contribution in [-0.4, -0.2) is 110 Å². The fraction of sp³-hybridized carbons (Fsp3) is 0.500. The number of nitrogens with zero attached hydrogens (tertiary/aromatic N) is 5. The zero-order chi connectivity index (χ0) is 42.9. The maximum absolute atomic E-state index is 13.3. The van der Waals surface area contributed by atoms with Crippen LogP contribution in [0, 0.1) is 11.8 Å². The van der Waals surface area contributed by atoms with E-state index in [-0.39, 0.29) is 42.1 Å². The van der Waals surface area contributed by atoms with Crippen molar-refractivity contribution in [1.29, 1.82) is 0 Å².